The van der Waals surface area contributed by atoms with Gasteiger partial charge in [-0.25, -0.2) is 0 Å². The van der Waals surface area contributed by atoms with Crippen LogP contribution in [0.3, 0.4) is 0 Å². The van der Waals surface area contributed by atoms with E-state index >= 15 is 0 Å². The first-order valence-corrected chi connectivity index (χ1v) is 10.6. The third kappa shape index (κ3) is 4.86. The minimum atomic E-state index is -0.775. The summed E-state index contributed by atoms with van der Waals surface area (Å²) >= 11 is 0. The number of carbonyl (C=O) groups is 2. The number of amides is 2. The second-order valence-electron chi connectivity index (χ2n) is 8.05. The van der Waals surface area contributed by atoms with Crippen LogP contribution in [0, 0.1) is 0 Å². The van der Waals surface area contributed by atoms with Gasteiger partial charge in [0.05, 0.1) is 17.6 Å². The van der Waals surface area contributed by atoms with Crippen LogP contribution >= 0.6 is 0 Å². The van der Waals surface area contributed by atoms with Crippen LogP contribution in [0.4, 0.5) is 0 Å². The van der Waals surface area contributed by atoms with E-state index in [9.17, 15) is 14.7 Å². The van der Waals surface area contributed by atoms with E-state index in [2.05, 4.69) is 15.2 Å². The number of hydrogen-bond acceptors (Lipinski definition) is 6. The molecule has 4 rings (SSSR count). The van der Waals surface area contributed by atoms with E-state index in [-0.39, 0.29) is 23.9 Å². The summed E-state index contributed by atoms with van der Waals surface area (Å²) in [5.74, 6) is 0.516. The van der Waals surface area contributed by atoms with Crippen molar-refractivity contribution in [1.82, 2.24) is 20.1 Å². The van der Waals surface area contributed by atoms with Gasteiger partial charge < -0.3 is 20.1 Å². The molecule has 0 radical (unpaired) electrons. The maximum absolute atomic E-state index is 12.8. The number of carbonyl (C=O) groups excluding carboxylic acids is 2. The first-order chi connectivity index (χ1) is 15.0. The first-order valence-electron chi connectivity index (χ1n) is 10.6. The van der Waals surface area contributed by atoms with Crippen molar-refractivity contribution in [3.63, 3.8) is 0 Å². The molecule has 0 spiro atoms. The molecular formula is C23H28N4O4. The summed E-state index contributed by atoms with van der Waals surface area (Å²) in [5, 5.41) is 14.3. The molecule has 1 aromatic carbocycles. The Morgan fingerprint density at radius 3 is 2.48 bits per heavy atom. The zero-order chi connectivity index (χ0) is 21.8. The molecule has 164 valence electrons. The highest BCUT2D eigenvalue weighted by atomic mass is 16.5. The van der Waals surface area contributed by atoms with Crippen molar-refractivity contribution in [3.05, 3.63) is 60.4 Å². The smallest absolute Gasteiger partial charge is 0.253 e. The van der Waals surface area contributed by atoms with Gasteiger partial charge in [-0.15, -0.1) is 0 Å². The molecule has 2 N–H and O–H groups in total. The Morgan fingerprint density at radius 2 is 1.84 bits per heavy atom. The van der Waals surface area contributed by atoms with E-state index in [4.69, 9.17) is 4.74 Å². The topological polar surface area (TPSA) is 95.0 Å². The number of pyridine rings is 1. The van der Waals surface area contributed by atoms with Crippen LogP contribution in [-0.4, -0.2) is 82.2 Å². The molecule has 31 heavy (non-hydrogen) atoms. The van der Waals surface area contributed by atoms with Crippen LogP contribution in [0.2, 0.25) is 0 Å². The predicted molar refractivity (Wildman–Crippen MR) is 115 cm³/mol. The Kier molecular flexibility index (Phi) is 6.48. The lowest BCUT2D eigenvalue weighted by Crippen LogP contribution is -2.59. The molecule has 1 saturated carbocycles. The van der Waals surface area contributed by atoms with Crippen molar-refractivity contribution < 1.29 is 19.4 Å². The van der Waals surface area contributed by atoms with Gasteiger partial charge in [0.15, 0.2) is 0 Å². The van der Waals surface area contributed by atoms with Gasteiger partial charge in [-0.2, -0.15) is 0 Å². The number of nitrogens with one attached hydrogen (secondary N) is 1. The van der Waals surface area contributed by atoms with Gasteiger partial charge in [0.2, 0.25) is 5.91 Å². The van der Waals surface area contributed by atoms with Gasteiger partial charge in [-0.05, 0) is 24.3 Å². The summed E-state index contributed by atoms with van der Waals surface area (Å²) in [7, 11) is 0. The maximum Gasteiger partial charge on any atom is 0.253 e. The third-order valence-corrected chi connectivity index (χ3v) is 6.08. The van der Waals surface area contributed by atoms with Crippen LogP contribution in [-0.2, 0) is 4.79 Å². The number of hydrogen-bond donors (Lipinski definition) is 2. The Bertz CT molecular complexity index is 887. The number of para-hydroxylation sites is 1. The fourth-order valence-electron chi connectivity index (χ4n) is 4.48. The Hall–Kier alpha value is -2.97. The van der Waals surface area contributed by atoms with Gasteiger partial charge in [-0.3, -0.25) is 19.5 Å². The number of nitrogens with zero attached hydrogens (tertiary/aromatic N) is 3. The minimum absolute atomic E-state index is 0.0540. The van der Waals surface area contributed by atoms with Crippen LogP contribution in [0.5, 0.6) is 5.75 Å². The van der Waals surface area contributed by atoms with Gasteiger partial charge in [-0.1, -0.05) is 18.2 Å². The van der Waals surface area contributed by atoms with Gasteiger partial charge in [0.25, 0.3) is 5.91 Å². The molecule has 0 bridgehead atoms. The molecule has 8 heteroatoms. The zero-order valence-electron chi connectivity index (χ0n) is 17.6. The first kappa shape index (κ1) is 21.3. The summed E-state index contributed by atoms with van der Waals surface area (Å²) in [6, 6.07) is 12.2. The molecule has 2 amide bonds. The highest BCUT2D eigenvalue weighted by molar-refractivity contribution is 5.94. The number of piperazine rings is 1. The fraction of sp³-hybridized carbons (Fsp3) is 0.435. The fourth-order valence-corrected chi connectivity index (χ4v) is 4.48. The SMILES string of the molecule is CC(=O)N1CCN([C@@H]2[C@@H](O)[C@H](Oc3ccccc3)C[C@H]2NC(=O)c2cccnc2)CC1. The monoisotopic (exact) mass is 424 g/mol. The number of aliphatic hydroxyl groups excluding tert-OH is 1. The standard InChI is InChI=1S/C23H28N4O4/c1-16(28)26-10-12-27(13-11-26)21-19(25-23(30)17-6-5-9-24-15-17)14-20(22(21)29)31-18-7-3-2-4-8-18/h2-9,15,19-22,29H,10-14H2,1H3,(H,25,30)/t19-,20-,21+,22+/m1/s1. The van der Waals surface area contributed by atoms with Crippen molar-refractivity contribution in [3.8, 4) is 5.75 Å². The highest BCUT2D eigenvalue weighted by Gasteiger charge is 2.48. The van der Waals surface area contributed by atoms with Crippen molar-refractivity contribution in [2.24, 2.45) is 0 Å². The second-order valence-corrected chi connectivity index (χ2v) is 8.05. The molecule has 4 atom stereocenters. The number of aromatic nitrogens is 1. The van der Waals surface area contributed by atoms with Crippen LogP contribution < -0.4 is 10.1 Å². The minimum Gasteiger partial charge on any atom is -0.488 e. The number of ether oxygens (including phenoxy) is 1. The van der Waals surface area contributed by atoms with Crippen molar-refractivity contribution in [2.75, 3.05) is 26.2 Å². The largest absolute Gasteiger partial charge is 0.488 e. The number of benzene rings is 1. The lowest BCUT2D eigenvalue weighted by atomic mass is 10.1. The quantitative estimate of drug-likeness (QED) is 0.742. The molecule has 1 aromatic heterocycles. The van der Waals surface area contributed by atoms with Crippen LogP contribution in [0.25, 0.3) is 0 Å². The van der Waals surface area contributed by atoms with Crippen LogP contribution in [0.15, 0.2) is 54.9 Å². The average Bonchev–Trinajstić information content (AvgIpc) is 3.09. The molecule has 2 heterocycles. The van der Waals surface area contributed by atoms with Gasteiger partial charge >= 0.3 is 0 Å². The predicted octanol–water partition coefficient (Wildman–Crippen LogP) is 0.925. The van der Waals surface area contributed by atoms with E-state index in [1.54, 1.807) is 30.2 Å². The lowest BCUT2D eigenvalue weighted by Gasteiger charge is -2.41. The molecule has 0 unspecified atom stereocenters. The molecule has 1 aliphatic heterocycles. The maximum atomic E-state index is 12.8. The Balaban J connectivity index is 1.51. The Labute approximate surface area is 181 Å². The van der Waals surface area contributed by atoms with Crippen molar-refractivity contribution >= 4 is 11.8 Å². The number of aliphatic hydroxyl groups is 1. The summed E-state index contributed by atoms with van der Waals surface area (Å²) in [6.45, 7) is 4.05. The van der Waals surface area contributed by atoms with Crippen molar-refractivity contribution in [1.29, 1.82) is 0 Å². The van der Waals surface area contributed by atoms with Gasteiger partial charge in [0, 0.05) is 51.9 Å². The van der Waals surface area contributed by atoms with Gasteiger partial charge in [0.1, 0.15) is 18.0 Å². The summed E-state index contributed by atoms with van der Waals surface area (Å²) in [5.41, 5.74) is 0.476. The molecule has 2 aliphatic rings. The summed E-state index contributed by atoms with van der Waals surface area (Å²) in [6.07, 6.45) is 2.41. The van der Waals surface area contributed by atoms with E-state index in [0.717, 1.165) is 0 Å². The zero-order valence-corrected chi connectivity index (χ0v) is 17.6. The van der Waals surface area contributed by atoms with Crippen molar-refractivity contribution in [2.45, 2.75) is 37.6 Å². The molecule has 1 saturated heterocycles. The molecule has 2 fully saturated rings. The summed E-state index contributed by atoms with van der Waals surface area (Å²) in [4.78, 5) is 32.5. The van der Waals surface area contributed by atoms with E-state index in [1.165, 1.54) is 6.20 Å². The average molecular weight is 425 g/mol. The Morgan fingerprint density at radius 1 is 1.10 bits per heavy atom. The van der Waals surface area contributed by atoms with Crippen LogP contribution in [0.1, 0.15) is 23.7 Å². The number of rotatable bonds is 5. The highest BCUT2D eigenvalue weighted by Crippen LogP contribution is 2.30. The van der Waals surface area contributed by atoms with E-state index < -0.39 is 12.2 Å². The third-order valence-electron chi connectivity index (χ3n) is 6.08. The molecule has 2 aromatic rings. The molecule has 1 aliphatic carbocycles. The normalized spacial score (nSPS) is 26.5. The second kappa shape index (κ2) is 9.45. The lowest BCUT2D eigenvalue weighted by molar-refractivity contribution is -0.131. The summed E-state index contributed by atoms with van der Waals surface area (Å²) < 4.78 is 6.08. The van der Waals surface area contributed by atoms with E-state index in [0.29, 0.717) is 43.9 Å². The molecule has 8 nitrogen and oxygen atoms in total. The molecular weight excluding hydrogens is 396 g/mol. The van der Waals surface area contributed by atoms with E-state index in [1.807, 2.05) is 30.3 Å².